The number of hydrogen-bond acceptors (Lipinski definition) is 4. The van der Waals surface area contributed by atoms with E-state index in [2.05, 4.69) is 4.98 Å². The molecule has 0 fully saturated rings. The monoisotopic (exact) mass is 212 g/mol. The van der Waals surface area contributed by atoms with Crippen LogP contribution in [0.25, 0.3) is 0 Å². The third-order valence-electron chi connectivity index (χ3n) is 2.30. The summed E-state index contributed by atoms with van der Waals surface area (Å²) in [6.45, 7) is 1.98. The van der Waals surface area contributed by atoms with Crippen molar-refractivity contribution in [1.82, 2.24) is 4.98 Å². The zero-order valence-electron chi connectivity index (χ0n) is 8.60. The van der Waals surface area contributed by atoms with Crippen LogP contribution in [-0.2, 0) is 0 Å². The highest BCUT2D eigenvalue weighted by Gasteiger charge is 2.19. The molecule has 1 rings (SSSR count). The standard InChI is InChI=1S/C10H16N2O3/c1-6-7(2-3-9(14)12-6)10(15)8(13)4-5-11/h2-3,8,10,13,15H,4-5,11H2,1H3,(H,12,14). The smallest absolute Gasteiger partial charge is 0.248 e. The summed E-state index contributed by atoms with van der Waals surface area (Å²) >= 11 is 0. The maximum atomic E-state index is 10.9. The predicted molar refractivity (Wildman–Crippen MR) is 56.4 cm³/mol. The van der Waals surface area contributed by atoms with Crippen molar-refractivity contribution < 1.29 is 10.2 Å². The minimum Gasteiger partial charge on any atom is -0.390 e. The zero-order chi connectivity index (χ0) is 11.4. The quantitative estimate of drug-likeness (QED) is 0.537. The second-order valence-corrected chi connectivity index (χ2v) is 3.49. The SMILES string of the molecule is Cc1[nH]c(=O)ccc1C(O)C(O)CCN. The van der Waals surface area contributed by atoms with Gasteiger partial charge in [-0.3, -0.25) is 4.79 Å². The van der Waals surface area contributed by atoms with Crippen LogP contribution in [-0.4, -0.2) is 27.8 Å². The number of pyridine rings is 1. The van der Waals surface area contributed by atoms with E-state index in [0.29, 0.717) is 24.2 Å². The Balaban J connectivity index is 2.90. The van der Waals surface area contributed by atoms with Gasteiger partial charge in [0.25, 0.3) is 0 Å². The van der Waals surface area contributed by atoms with Gasteiger partial charge in [0.15, 0.2) is 0 Å². The topological polar surface area (TPSA) is 99.3 Å². The summed E-state index contributed by atoms with van der Waals surface area (Å²) in [6, 6.07) is 2.83. The summed E-state index contributed by atoms with van der Waals surface area (Å²) < 4.78 is 0. The summed E-state index contributed by atoms with van der Waals surface area (Å²) in [5, 5.41) is 19.3. The van der Waals surface area contributed by atoms with Crippen molar-refractivity contribution in [2.45, 2.75) is 25.6 Å². The van der Waals surface area contributed by atoms with Crippen LogP contribution in [0.2, 0.25) is 0 Å². The number of nitrogens with one attached hydrogen (secondary N) is 1. The van der Waals surface area contributed by atoms with Crippen molar-refractivity contribution in [3.05, 3.63) is 33.7 Å². The Morgan fingerprint density at radius 3 is 2.67 bits per heavy atom. The summed E-state index contributed by atoms with van der Waals surface area (Å²) in [5.74, 6) is 0. The van der Waals surface area contributed by atoms with E-state index < -0.39 is 12.2 Å². The molecule has 0 amide bonds. The molecule has 0 aliphatic rings. The van der Waals surface area contributed by atoms with Crippen LogP contribution in [0.5, 0.6) is 0 Å². The largest absolute Gasteiger partial charge is 0.390 e. The lowest BCUT2D eigenvalue weighted by atomic mass is 10.0. The van der Waals surface area contributed by atoms with Gasteiger partial charge in [0.2, 0.25) is 5.56 Å². The van der Waals surface area contributed by atoms with Gasteiger partial charge in [-0.1, -0.05) is 0 Å². The molecule has 0 saturated carbocycles. The molecule has 2 atom stereocenters. The first-order valence-electron chi connectivity index (χ1n) is 4.82. The maximum Gasteiger partial charge on any atom is 0.248 e. The predicted octanol–water partition coefficient (Wildman–Crippen LogP) is -0.574. The molecule has 0 bridgehead atoms. The third-order valence-corrected chi connectivity index (χ3v) is 2.30. The molecule has 2 unspecified atom stereocenters. The van der Waals surface area contributed by atoms with Crippen molar-refractivity contribution >= 4 is 0 Å². The Bertz CT molecular complexity index is 375. The summed E-state index contributed by atoms with van der Waals surface area (Å²) in [4.78, 5) is 13.5. The maximum absolute atomic E-state index is 10.9. The highest BCUT2D eigenvalue weighted by atomic mass is 16.3. The lowest BCUT2D eigenvalue weighted by Gasteiger charge is -2.18. The van der Waals surface area contributed by atoms with Crippen molar-refractivity contribution in [1.29, 1.82) is 0 Å². The minimum atomic E-state index is -1.01. The molecule has 0 aliphatic heterocycles. The molecule has 5 heteroatoms. The van der Waals surface area contributed by atoms with E-state index in [4.69, 9.17) is 5.73 Å². The first-order chi connectivity index (χ1) is 7.06. The van der Waals surface area contributed by atoms with Gasteiger partial charge >= 0.3 is 0 Å². The molecule has 5 N–H and O–H groups in total. The molecule has 15 heavy (non-hydrogen) atoms. The van der Waals surface area contributed by atoms with Crippen molar-refractivity contribution in [3.63, 3.8) is 0 Å². The highest BCUT2D eigenvalue weighted by Crippen LogP contribution is 2.19. The fourth-order valence-electron chi connectivity index (χ4n) is 1.45. The van der Waals surface area contributed by atoms with Gasteiger partial charge < -0.3 is 20.9 Å². The van der Waals surface area contributed by atoms with Crippen LogP contribution >= 0.6 is 0 Å². The van der Waals surface area contributed by atoms with Crippen LogP contribution < -0.4 is 11.3 Å². The van der Waals surface area contributed by atoms with Crippen molar-refractivity contribution in [2.75, 3.05) is 6.54 Å². The van der Waals surface area contributed by atoms with E-state index in [1.165, 1.54) is 12.1 Å². The zero-order valence-corrected chi connectivity index (χ0v) is 8.60. The van der Waals surface area contributed by atoms with E-state index in [0.717, 1.165) is 0 Å². The normalized spacial score (nSPS) is 14.9. The molecule has 1 aromatic heterocycles. The summed E-state index contributed by atoms with van der Waals surface area (Å²) in [5.41, 5.74) is 6.14. The Kier molecular flexibility index (Phi) is 4.02. The molecule has 1 heterocycles. The fourth-order valence-corrected chi connectivity index (χ4v) is 1.45. The van der Waals surface area contributed by atoms with Crippen molar-refractivity contribution in [3.8, 4) is 0 Å². The first-order valence-corrected chi connectivity index (χ1v) is 4.82. The molecule has 0 aromatic carbocycles. The van der Waals surface area contributed by atoms with E-state index in [9.17, 15) is 15.0 Å². The first kappa shape index (κ1) is 11.9. The highest BCUT2D eigenvalue weighted by molar-refractivity contribution is 5.21. The Morgan fingerprint density at radius 2 is 2.13 bits per heavy atom. The molecule has 5 nitrogen and oxygen atoms in total. The molecule has 0 saturated heterocycles. The van der Waals surface area contributed by atoms with Gasteiger partial charge in [-0.15, -0.1) is 0 Å². The molecule has 1 aromatic rings. The van der Waals surface area contributed by atoms with Gasteiger partial charge in [0.05, 0.1) is 6.10 Å². The second kappa shape index (κ2) is 5.06. The Hall–Kier alpha value is -1.17. The minimum absolute atomic E-state index is 0.225. The molecule has 0 radical (unpaired) electrons. The molecular formula is C10H16N2O3. The average Bonchev–Trinajstić information content (AvgIpc) is 2.17. The fraction of sp³-hybridized carbons (Fsp3) is 0.500. The lowest BCUT2D eigenvalue weighted by molar-refractivity contribution is 0.0144. The number of aromatic amines is 1. The van der Waals surface area contributed by atoms with E-state index in [1.807, 2.05) is 0 Å². The van der Waals surface area contributed by atoms with Gasteiger partial charge in [-0.2, -0.15) is 0 Å². The molecule has 0 aliphatic carbocycles. The van der Waals surface area contributed by atoms with Crippen LogP contribution in [0.4, 0.5) is 0 Å². The molecule has 84 valence electrons. The van der Waals surface area contributed by atoms with E-state index in [-0.39, 0.29) is 5.56 Å². The van der Waals surface area contributed by atoms with Crippen LogP contribution in [0.1, 0.15) is 23.8 Å². The van der Waals surface area contributed by atoms with Gasteiger partial charge in [-0.05, 0) is 26.0 Å². The van der Waals surface area contributed by atoms with Gasteiger partial charge in [0, 0.05) is 17.3 Å². The number of H-pyrrole nitrogens is 1. The third kappa shape index (κ3) is 2.89. The van der Waals surface area contributed by atoms with E-state index in [1.54, 1.807) is 6.92 Å². The summed E-state index contributed by atoms with van der Waals surface area (Å²) in [6.07, 6.45) is -1.59. The number of nitrogens with two attached hydrogens (primary N) is 1. The number of aliphatic hydroxyl groups is 2. The van der Waals surface area contributed by atoms with Crippen LogP contribution in [0, 0.1) is 6.92 Å². The number of aliphatic hydroxyl groups excluding tert-OH is 2. The Morgan fingerprint density at radius 1 is 1.47 bits per heavy atom. The van der Waals surface area contributed by atoms with Crippen molar-refractivity contribution in [2.24, 2.45) is 5.73 Å². The van der Waals surface area contributed by atoms with E-state index >= 15 is 0 Å². The number of aryl methyl sites for hydroxylation is 1. The van der Waals surface area contributed by atoms with Gasteiger partial charge in [-0.25, -0.2) is 0 Å². The Labute approximate surface area is 87.6 Å². The number of rotatable bonds is 4. The molecule has 0 spiro atoms. The average molecular weight is 212 g/mol. The van der Waals surface area contributed by atoms with Gasteiger partial charge in [0.1, 0.15) is 6.10 Å². The summed E-state index contributed by atoms with van der Waals surface area (Å²) in [7, 11) is 0. The second-order valence-electron chi connectivity index (χ2n) is 3.49. The van der Waals surface area contributed by atoms with Crippen LogP contribution in [0.3, 0.4) is 0 Å². The lowest BCUT2D eigenvalue weighted by Crippen LogP contribution is -2.23. The van der Waals surface area contributed by atoms with Crippen LogP contribution in [0.15, 0.2) is 16.9 Å². The molecular weight excluding hydrogens is 196 g/mol. The number of hydrogen-bond donors (Lipinski definition) is 4. The number of aromatic nitrogens is 1.